The maximum atomic E-state index is 13.1. The fourth-order valence-electron chi connectivity index (χ4n) is 3.21. The van der Waals surface area contributed by atoms with E-state index in [0.717, 1.165) is 6.07 Å². The third-order valence-electron chi connectivity index (χ3n) is 4.56. The molecule has 3 heterocycles. The van der Waals surface area contributed by atoms with Crippen LogP contribution < -0.4 is 0 Å². The molecule has 0 atom stereocenters. The minimum Gasteiger partial charge on any atom is -0.317 e. The summed E-state index contributed by atoms with van der Waals surface area (Å²) in [5.41, 5.74) is -1.89. The number of aromatic nitrogens is 2. The van der Waals surface area contributed by atoms with Gasteiger partial charge < -0.3 is 8.80 Å². The Hall–Kier alpha value is -2.78. The number of halogens is 6. The normalized spacial score (nSPS) is 12.9. The molecule has 3 rings (SSSR count). The van der Waals surface area contributed by atoms with Crippen molar-refractivity contribution in [1.82, 2.24) is 8.80 Å². The largest absolute Gasteiger partial charge is 0.454 e. The third-order valence-corrected chi connectivity index (χ3v) is 4.56. The number of hydrogen-bond donors (Lipinski definition) is 0. The monoisotopic (exact) mass is 390 g/mol. The van der Waals surface area contributed by atoms with Crippen LogP contribution in [0.1, 0.15) is 37.7 Å². The summed E-state index contributed by atoms with van der Waals surface area (Å²) < 4.78 is 80.6. The smallest absolute Gasteiger partial charge is 0.317 e. The molecule has 0 aliphatic carbocycles. The summed E-state index contributed by atoms with van der Waals surface area (Å²) in [5.74, 6) is -4.37. The van der Waals surface area contributed by atoms with Gasteiger partial charge in [-0.2, -0.15) is 26.3 Å². The molecular formula is C17H12F6N2O2. The average molecular weight is 390 g/mol. The lowest BCUT2D eigenvalue weighted by atomic mass is 10.0. The van der Waals surface area contributed by atoms with Crippen molar-refractivity contribution < 1.29 is 35.9 Å². The van der Waals surface area contributed by atoms with Gasteiger partial charge in [-0.25, -0.2) is 0 Å². The van der Waals surface area contributed by atoms with Crippen LogP contribution in [0.25, 0.3) is 11.0 Å². The highest BCUT2D eigenvalue weighted by atomic mass is 19.4. The van der Waals surface area contributed by atoms with Gasteiger partial charge in [0, 0.05) is 23.8 Å². The Bertz CT molecular complexity index is 1120. The van der Waals surface area contributed by atoms with Crippen molar-refractivity contribution in [1.29, 1.82) is 0 Å². The number of fused-ring (bicyclic) bond motifs is 3. The van der Waals surface area contributed by atoms with Gasteiger partial charge in [-0.3, -0.25) is 9.59 Å². The number of hydrogen-bond acceptors (Lipinski definition) is 2. The zero-order valence-electron chi connectivity index (χ0n) is 14.2. The summed E-state index contributed by atoms with van der Waals surface area (Å²) in [5, 5.41) is 0. The molecule has 27 heavy (non-hydrogen) atoms. The first-order valence-corrected chi connectivity index (χ1v) is 7.61. The van der Waals surface area contributed by atoms with Crippen LogP contribution in [-0.4, -0.2) is 32.7 Å². The summed E-state index contributed by atoms with van der Waals surface area (Å²) in [7, 11) is 0. The van der Waals surface area contributed by atoms with Crippen LogP contribution >= 0.6 is 0 Å². The zero-order chi connectivity index (χ0) is 20.5. The molecular weight excluding hydrogens is 378 g/mol. The van der Waals surface area contributed by atoms with E-state index in [1.807, 2.05) is 0 Å². The molecule has 0 aliphatic rings. The maximum absolute atomic E-state index is 13.1. The van der Waals surface area contributed by atoms with Crippen LogP contribution in [0.5, 0.6) is 0 Å². The highest BCUT2D eigenvalue weighted by molar-refractivity contribution is 6.16. The summed E-state index contributed by atoms with van der Waals surface area (Å²) in [6.07, 6.45) is -7.76. The molecule has 144 valence electrons. The van der Waals surface area contributed by atoms with Crippen LogP contribution in [0.15, 0.2) is 18.5 Å². The van der Waals surface area contributed by atoms with Crippen molar-refractivity contribution in [2.45, 2.75) is 33.1 Å². The second kappa shape index (κ2) is 5.61. The summed E-state index contributed by atoms with van der Waals surface area (Å²) in [6.45, 7) is 4.12. The summed E-state index contributed by atoms with van der Waals surface area (Å²) >= 11 is 0. The highest BCUT2D eigenvalue weighted by Crippen LogP contribution is 2.35. The molecule has 3 aromatic rings. The van der Waals surface area contributed by atoms with Crippen molar-refractivity contribution in [2.24, 2.45) is 0 Å². The van der Waals surface area contributed by atoms with E-state index in [0.29, 0.717) is 0 Å². The number of Topliss-reactive ketones (excluding diaryl/α,β-unsaturated/α-hetero) is 2. The SMILES string of the molecule is Cc1c(C(=O)C(F)(F)F)c2c3c(C(=O)C(F)(F)F)cc(C)n3ccn2c1C. The topological polar surface area (TPSA) is 43.0 Å². The van der Waals surface area contributed by atoms with Crippen LogP contribution in [0.3, 0.4) is 0 Å². The Morgan fingerprint density at radius 2 is 1.33 bits per heavy atom. The van der Waals surface area contributed by atoms with Crippen molar-refractivity contribution in [3.05, 3.63) is 46.5 Å². The Balaban J connectivity index is 2.55. The van der Waals surface area contributed by atoms with Gasteiger partial charge in [0.25, 0.3) is 11.6 Å². The van der Waals surface area contributed by atoms with Gasteiger partial charge in [0.05, 0.1) is 22.2 Å². The molecule has 0 fully saturated rings. The number of aryl methyl sites for hydroxylation is 2. The molecule has 0 aromatic carbocycles. The molecule has 0 radical (unpaired) electrons. The summed E-state index contributed by atoms with van der Waals surface area (Å²) in [4.78, 5) is 23.8. The molecule has 0 N–H and O–H groups in total. The molecule has 4 nitrogen and oxygen atoms in total. The van der Waals surface area contributed by atoms with Gasteiger partial charge in [-0.1, -0.05) is 0 Å². The summed E-state index contributed by atoms with van der Waals surface area (Å²) in [6, 6.07) is 0.949. The van der Waals surface area contributed by atoms with Crippen molar-refractivity contribution >= 4 is 22.6 Å². The second-order valence-corrected chi connectivity index (χ2v) is 6.17. The highest BCUT2D eigenvalue weighted by Gasteiger charge is 2.44. The van der Waals surface area contributed by atoms with Crippen molar-refractivity contribution in [3.8, 4) is 0 Å². The van der Waals surface area contributed by atoms with E-state index < -0.39 is 35.0 Å². The van der Waals surface area contributed by atoms with Gasteiger partial charge in [0.1, 0.15) is 0 Å². The van der Waals surface area contributed by atoms with Gasteiger partial charge in [0.15, 0.2) is 0 Å². The fraction of sp³-hybridized carbons (Fsp3) is 0.294. The molecule has 0 amide bonds. The van der Waals surface area contributed by atoms with E-state index in [4.69, 9.17) is 0 Å². The molecule has 0 spiro atoms. The van der Waals surface area contributed by atoms with E-state index in [1.165, 1.54) is 42.0 Å². The second-order valence-electron chi connectivity index (χ2n) is 6.17. The molecule has 0 bridgehead atoms. The van der Waals surface area contributed by atoms with Gasteiger partial charge >= 0.3 is 12.4 Å². The lowest BCUT2D eigenvalue weighted by molar-refractivity contribution is -0.0887. The van der Waals surface area contributed by atoms with Crippen molar-refractivity contribution in [3.63, 3.8) is 0 Å². The van der Waals surface area contributed by atoms with Crippen LogP contribution in [0.4, 0.5) is 26.3 Å². The Morgan fingerprint density at radius 1 is 0.815 bits per heavy atom. The van der Waals surface area contributed by atoms with E-state index in [9.17, 15) is 35.9 Å². The molecule has 10 heteroatoms. The maximum Gasteiger partial charge on any atom is 0.454 e. The number of ketones is 2. The standard InChI is InChI=1S/C17H12F6N2O2/c1-7-6-10(14(26)16(18,19)20)12-13-11(15(27)17(21,22)23)8(2)9(3)25(13)5-4-24(7)12/h4-6H,1-3H3. The number of rotatable bonds is 2. The predicted molar refractivity (Wildman–Crippen MR) is 83.3 cm³/mol. The quantitative estimate of drug-likeness (QED) is 0.474. The first-order valence-electron chi connectivity index (χ1n) is 7.61. The molecule has 3 aromatic heterocycles. The third kappa shape index (κ3) is 2.70. The first-order chi connectivity index (χ1) is 12.3. The minimum atomic E-state index is -5.22. The van der Waals surface area contributed by atoms with E-state index >= 15 is 0 Å². The van der Waals surface area contributed by atoms with E-state index in [1.54, 1.807) is 0 Å². The Labute approximate surface area is 148 Å². The fourth-order valence-corrected chi connectivity index (χ4v) is 3.21. The molecule has 0 saturated carbocycles. The van der Waals surface area contributed by atoms with E-state index in [2.05, 4.69) is 0 Å². The average Bonchev–Trinajstić information content (AvgIpc) is 3.00. The zero-order valence-corrected chi connectivity index (χ0v) is 14.2. The number of nitrogens with zero attached hydrogens (tertiary/aromatic N) is 2. The lowest BCUT2D eigenvalue weighted by Crippen LogP contribution is -2.24. The van der Waals surface area contributed by atoms with Gasteiger partial charge in [-0.15, -0.1) is 0 Å². The van der Waals surface area contributed by atoms with E-state index in [-0.39, 0.29) is 28.0 Å². The lowest BCUT2D eigenvalue weighted by Gasteiger charge is -2.09. The van der Waals surface area contributed by atoms with Crippen LogP contribution in [0.2, 0.25) is 0 Å². The van der Waals surface area contributed by atoms with Crippen LogP contribution in [-0.2, 0) is 0 Å². The van der Waals surface area contributed by atoms with Crippen LogP contribution in [0, 0.1) is 20.8 Å². The van der Waals surface area contributed by atoms with Gasteiger partial charge in [-0.05, 0) is 32.4 Å². The Morgan fingerprint density at radius 3 is 1.85 bits per heavy atom. The van der Waals surface area contributed by atoms with Crippen molar-refractivity contribution in [2.75, 3.05) is 0 Å². The number of carbonyl (C=O) groups is 2. The van der Waals surface area contributed by atoms with Gasteiger partial charge in [0.2, 0.25) is 0 Å². The number of carbonyl (C=O) groups excluding carboxylic acids is 2. The predicted octanol–water partition coefficient (Wildman–Crippen LogP) is 4.61. The Kier molecular flexibility index (Phi) is 3.94. The number of alkyl halides is 6. The molecule has 0 saturated heterocycles. The minimum absolute atomic E-state index is 0.0188. The molecule has 0 unspecified atom stereocenters. The molecule has 0 aliphatic heterocycles. The first kappa shape index (κ1) is 19.0.